The number of hydrogen-bond acceptors (Lipinski definition) is 3. The highest BCUT2D eigenvalue weighted by Crippen LogP contribution is 2.34. The normalized spacial score (nSPS) is 10.5. The van der Waals surface area contributed by atoms with Gasteiger partial charge in [0.05, 0.1) is 10.5 Å². The summed E-state index contributed by atoms with van der Waals surface area (Å²) in [5.41, 5.74) is 1.50. The summed E-state index contributed by atoms with van der Waals surface area (Å²) in [5, 5.41) is 12.9. The maximum atomic E-state index is 11.5. The van der Waals surface area contributed by atoms with Crippen molar-refractivity contribution in [1.29, 1.82) is 0 Å². The van der Waals surface area contributed by atoms with E-state index in [1.807, 2.05) is 30.3 Å². The largest absolute Gasteiger partial charge is 0.298 e. The van der Waals surface area contributed by atoms with Gasteiger partial charge in [-0.15, -0.1) is 0 Å². The summed E-state index contributed by atoms with van der Waals surface area (Å²) in [6.07, 6.45) is 0.758. The van der Waals surface area contributed by atoms with Crippen LogP contribution in [0.25, 0.3) is 21.9 Å². The molecule has 3 aromatic carbocycles. The summed E-state index contributed by atoms with van der Waals surface area (Å²) in [4.78, 5) is 22.3. The number of hydrogen-bond donors (Lipinski definition) is 0. The summed E-state index contributed by atoms with van der Waals surface area (Å²) in [6, 6.07) is 17.6. The van der Waals surface area contributed by atoms with E-state index in [0.29, 0.717) is 16.7 Å². The fraction of sp³-hybridized carbons (Fsp3) is 0. The lowest BCUT2D eigenvalue weighted by Crippen LogP contribution is -1.95. The van der Waals surface area contributed by atoms with Gasteiger partial charge in [0.2, 0.25) is 0 Å². The second kappa shape index (κ2) is 5.17. The summed E-state index contributed by atoms with van der Waals surface area (Å²) in [5.74, 6) is 0. The average Bonchev–Trinajstić information content (AvgIpc) is 2.53. The predicted octanol–water partition coefficient (Wildman–Crippen LogP) is 4.23. The quantitative estimate of drug-likeness (QED) is 0.409. The van der Waals surface area contributed by atoms with Gasteiger partial charge in [0.25, 0.3) is 5.69 Å². The van der Waals surface area contributed by atoms with E-state index >= 15 is 0 Å². The van der Waals surface area contributed by atoms with E-state index < -0.39 is 4.92 Å². The number of nitro benzene ring substituents is 1. The van der Waals surface area contributed by atoms with Crippen LogP contribution >= 0.6 is 0 Å². The molecule has 0 spiro atoms. The Bertz CT molecular complexity index is 856. The smallest absolute Gasteiger partial charge is 0.277 e. The summed E-state index contributed by atoms with van der Waals surface area (Å²) >= 11 is 0. The Morgan fingerprint density at radius 2 is 1.57 bits per heavy atom. The Labute approximate surface area is 120 Å². The number of benzene rings is 3. The lowest BCUT2D eigenvalue weighted by atomic mass is 9.94. The Kier molecular flexibility index (Phi) is 3.20. The van der Waals surface area contributed by atoms with Gasteiger partial charge in [-0.25, -0.2) is 0 Å². The van der Waals surface area contributed by atoms with E-state index in [-0.39, 0.29) is 5.69 Å². The Morgan fingerprint density at radius 3 is 2.33 bits per heavy atom. The second-order valence-electron chi connectivity index (χ2n) is 4.64. The third kappa shape index (κ3) is 2.17. The van der Waals surface area contributed by atoms with E-state index in [2.05, 4.69) is 0 Å². The first-order valence-corrected chi connectivity index (χ1v) is 6.43. The molecule has 0 aromatic heterocycles. The number of aldehydes is 1. The zero-order valence-electron chi connectivity index (χ0n) is 11.0. The number of carbonyl (C=O) groups is 1. The van der Waals surface area contributed by atoms with E-state index in [9.17, 15) is 14.9 Å². The average molecular weight is 277 g/mol. The van der Waals surface area contributed by atoms with Crippen molar-refractivity contribution in [2.24, 2.45) is 0 Å². The van der Waals surface area contributed by atoms with Crippen LogP contribution in [0.1, 0.15) is 10.4 Å². The fourth-order valence-electron chi connectivity index (χ4n) is 2.52. The van der Waals surface area contributed by atoms with Crippen LogP contribution in [0.15, 0.2) is 60.7 Å². The van der Waals surface area contributed by atoms with Crippen molar-refractivity contribution in [2.75, 3.05) is 0 Å². The van der Waals surface area contributed by atoms with Gasteiger partial charge in [0, 0.05) is 11.6 Å². The first kappa shape index (κ1) is 13.0. The van der Waals surface area contributed by atoms with Crippen LogP contribution in [0.3, 0.4) is 0 Å². The molecule has 21 heavy (non-hydrogen) atoms. The molecular weight excluding hydrogens is 266 g/mol. The SMILES string of the molecule is O=Cc1c(-c2ccccc2[N+](=O)[O-])ccc2ccccc12. The molecule has 0 heterocycles. The molecule has 4 heteroatoms. The van der Waals surface area contributed by atoms with Crippen LogP contribution in [-0.2, 0) is 0 Å². The molecule has 3 rings (SSSR count). The molecule has 0 fully saturated rings. The number of carbonyl (C=O) groups excluding carboxylic acids is 1. The van der Waals surface area contributed by atoms with E-state index in [0.717, 1.165) is 17.1 Å². The van der Waals surface area contributed by atoms with Gasteiger partial charge >= 0.3 is 0 Å². The van der Waals surface area contributed by atoms with Crippen molar-refractivity contribution in [2.45, 2.75) is 0 Å². The first-order valence-electron chi connectivity index (χ1n) is 6.43. The molecule has 0 radical (unpaired) electrons. The van der Waals surface area contributed by atoms with Crippen LogP contribution in [0.4, 0.5) is 5.69 Å². The molecule has 0 saturated carbocycles. The number of fused-ring (bicyclic) bond motifs is 1. The number of nitrogens with zero attached hydrogens (tertiary/aromatic N) is 1. The summed E-state index contributed by atoms with van der Waals surface area (Å²) < 4.78 is 0. The topological polar surface area (TPSA) is 60.2 Å². The zero-order chi connectivity index (χ0) is 14.8. The highest BCUT2D eigenvalue weighted by atomic mass is 16.6. The predicted molar refractivity (Wildman–Crippen MR) is 81.4 cm³/mol. The minimum Gasteiger partial charge on any atom is -0.298 e. The van der Waals surface area contributed by atoms with Crippen molar-refractivity contribution in [3.8, 4) is 11.1 Å². The standard InChI is InChI=1S/C17H11NO3/c19-11-16-13-6-2-1-5-12(13)9-10-14(16)15-7-3-4-8-17(15)18(20)21/h1-11H. The van der Waals surface area contributed by atoms with Crippen molar-refractivity contribution in [1.82, 2.24) is 0 Å². The van der Waals surface area contributed by atoms with Crippen LogP contribution < -0.4 is 0 Å². The Morgan fingerprint density at radius 1 is 0.857 bits per heavy atom. The van der Waals surface area contributed by atoms with Gasteiger partial charge in [0.15, 0.2) is 6.29 Å². The molecule has 0 amide bonds. The fourth-order valence-corrected chi connectivity index (χ4v) is 2.52. The molecular formula is C17H11NO3. The monoisotopic (exact) mass is 277 g/mol. The highest BCUT2D eigenvalue weighted by molar-refractivity contribution is 6.05. The van der Waals surface area contributed by atoms with Gasteiger partial charge in [0.1, 0.15) is 0 Å². The van der Waals surface area contributed by atoms with Gasteiger partial charge < -0.3 is 0 Å². The maximum absolute atomic E-state index is 11.5. The lowest BCUT2D eigenvalue weighted by molar-refractivity contribution is -0.384. The van der Waals surface area contributed by atoms with Crippen LogP contribution in [0.2, 0.25) is 0 Å². The van der Waals surface area contributed by atoms with Crippen molar-refractivity contribution < 1.29 is 9.72 Å². The summed E-state index contributed by atoms with van der Waals surface area (Å²) in [7, 11) is 0. The van der Waals surface area contributed by atoms with Crippen LogP contribution in [0, 0.1) is 10.1 Å². The minimum atomic E-state index is -0.431. The molecule has 3 aromatic rings. The molecule has 0 aliphatic heterocycles. The number of para-hydroxylation sites is 1. The van der Waals surface area contributed by atoms with E-state index in [4.69, 9.17) is 0 Å². The van der Waals surface area contributed by atoms with Crippen molar-refractivity contribution >= 4 is 22.7 Å². The first-order chi connectivity index (χ1) is 10.2. The minimum absolute atomic E-state index is 0.00381. The van der Waals surface area contributed by atoms with Gasteiger partial charge in [-0.1, -0.05) is 48.5 Å². The molecule has 4 nitrogen and oxygen atoms in total. The van der Waals surface area contributed by atoms with Gasteiger partial charge in [-0.05, 0) is 22.4 Å². The molecule has 102 valence electrons. The molecule has 0 bridgehead atoms. The van der Waals surface area contributed by atoms with E-state index in [1.165, 1.54) is 6.07 Å². The van der Waals surface area contributed by atoms with Gasteiger partial charge in [-0.2, -0.15) is 0 Å². The lowest BCUT2D eigenvalue weighted by Gasteiger charge is -2.09. The Hall–Kier alpha value is -3.01. The second-order valence-corrected chi connectivity index (χ2v) is 4.64. The van der Waals surface area contributed by atoms with E-state index in [1.54, 1.807) is 24.3 Å². The molecule has 0 aliphatic carbocycles. The molecule has 0 saturated heterocycles. The third-order valence-corrected chi connectivity index (χ3v) is 3.48. The molecule has 0 atom stereocenters. The molecule has 0 N–H and O–H groups in total. The van der Waals surface area contributed by atoms with Crippen LogP contribution in [-0.4, -0.2) is 11.2 Å². The van der Waals surface area contributed by atoms with Crippen molar-refractivity contribution in [3.63, 3.8) is 0 Å². The van der Waals surface area contributed by atoms with Crippen molar-refractivity contribution in [3.05, 3.63) is 76.3 Å². The third-order valence-electron chi connectivity index (χ3n) is 3.48. The number of nitro groups is 1. The maximum Gasteiger partial charge on any atom is 0.277 e. The number of rotatable bonds is 3. The highest BCUT2D eigenvalue weighted by Gasteiger charge is 2.17. The Balaban J connectivity index is 2.36. The molecule has 0 aliphatic rings. The van der Waals surface area contributed by atoms with Crippen LogP contribution in [0.5, 0.6) is 0 Å². The molecule has 0 unspecified atom stereocenters. The van der Waals surface area contributed by atoms with Gasteiger partial charge in [-0.3, -0.25) is 14.9 Å². The zero-order valence-corrected chi connectivity index (χ0v) is 11.0. The summed E-state index contributed by atoms with van der Waals surface area (Å²) in [6.45, 7) is 0.